The highest BCUT2D eigenvalue weighted by molar-refractivity contribution is 6.03. The summed E-state index contributed by atoms with van der Waals surface area (Å²) in [5, 5.41) is 0. The van der Waals surface area contributed by atoms with Gasteiger partial charge in [-0.05, 0) is 74.8 Å². The second-order valence-electron chi connectivity index (χ2n) is 12.8. The lowest BCUT2D eigenvalue weighted by molar-refractivity contribution is -0.148. The van der Waals surface area contributed by atoms with Crippen molar-refractivity contribution in [1.29, 1.82) is 0 Å². The molecule has 0 spiro atoms. The highest BCUT2D eigenvalue weighted by atomic mass is 16.5. The maximum atomic E-state index is 15.1. The molecule has 4 unspecified atom stereocenters. The minimum absolute atomic E-state index is 0.0185. The monoisotopic (exact) mass is 535 g/mol. The summed E-state index contributed by atoms with van der Waals surface area (Å²) < 4.78 is 5.32. The van der Waals surface area contributed by atoms with E-state index in [1.54, 1.807) is 19.2 Å². The Kier molecular flexibility index (Phi) is 6.29. The first-order valence-electron chi connectivity index (χ1n) is 15.0. The number of carbonyl (C=O) groups is 3. The SMILES string of the molecule is CCOC(=O)C1=CN2C(C=C1)C(C(=O)C13CC4CC(CC(C4)C1)C3)C(c1ccccc1)C2C(=O)c1ccccc1. The molecule has 8 rings (SSSR count). The Morgan fingerprint density at radius 1 is 0.875 bits per heavy atom. The Morgan fingerprint density at radius 3 is 2.08 bits per heavy atom. The van der Waals surface area contributed by atoms with Gasteiger partial charge in [0, 0.05) is 23.1 Å². The average molecular weight is 536 g/mol. The van der Waals surface area contributed by atoms with Gasteiger partial charge in [-0.2, -0.15) is 0 Å². The molecule has 0 amide bonds. The second-order valence-corrected chi connectivity index (χ2v) is 12.8. The summed E-state index contributed by atoms with van der Waals surface area (Å²) in [6.45, 7) is 2.07. The van der Waals surface area contributed by atoms with Crippen LogP contribution in [0.4, 0.5) is 0 Å². The molecule has 206 valence electrons. The van der Waals surface area contributed by atoms with E-state index in [9.17, 15) is 9.59 Å². The van der Waals surface area contributed by atoms with Gasteiger partial charge in [0.25, 0.3) is 0 Å². The van der Waals surface area contributed by atoms with E-state index in [0.717, 1.165) is 24.8 Å². The number of Topliss-reactive ketones (excluding diaryl/α,β-unsaturated/α-hetero) is 2. The number of carbonyl (C=O) groups excluding carboxylic acids is 3. The van der Waals surface area contributed by atoms with Gasteiger partial charge in [0.2, 0.25) is 0 Å². The van der Waals surface area contributed by atoms with E-state index >= 15 is 4.79 Å². The summed E-state index contributed by atoms with van der Waals surface area (Å²) in [7, 11) is 0. The molecule has 4 aliphatic carbocycles. The molecular weight excluding hydrogens is 498 g/mol. The van der Waals surface area contributed by atoms with Crippen LogP contribution in [-0.2, 0) is 14.3 Å². The summed E-state index contributed by atoms with van der Waals surface area (Å²) in [5.41, 5.74) is 1.75. The number of fused-ring (bicyclic) bond motifs is 1. The molecule has 0 aromatic heterocycles. The molecule has 2 aromatic rings. The number of hydrogen-bond donors (Lipinski definition) is 0. The molecule has 2 aromatic carbocycles. The highest BCUT2D eigenvalue weighted by Gasteiger charge is 2.61. The van der Waals surface area contributed by atoms with Crippen LogP contribution in [0.2, 0.25) is 0 Å². The van der Waals surface area contributed by atoms with Crippen molar-refractivity contribution in [3.05, 3.63) is 95.7 Å². The quantitative estimate of drug-likeness (QED) is 0.316. The Labute approximate surface area is 236 Å². The molecule has 5 fully saturated rings. The number of rotatable bonds is 7. The van der Waals surface area contributed by atoms with Crippen molar-refractivity contribution < 1.29 is 19.1 Å². The van der Waals surface area contributed by atoms with E-state index in [2.05, 4.69) is 12.1 Å². The van der Waals surface area contributed by atoms with Crippen LogP contribution < -0.4 is 0 Å². The minimum Gasteiger partial charge on any atom is -0.462 e. The summed E-state index contributed by atoms with van der Waals surface area (Å²) in [6, 6.07) is 18.6. The van der Waals surface area contributed by atoms with Crippen molar-refractivity contribution in [2.45, 2.75) is 63.5 Å². The van der Waals surface area contributed by atoms with Crippen LogP contribution in [0.15, 0.2) is 84.6 Å². The van der Waals surface area contributed by atoms with E-state index in [1.165, 1.54) is 19.3 Å². The third kappa shape index (κ3) is 4.08. The van der Waals surface area contributed by atoms with Crippen molar-refractivity contribution in [2.24, 2.45) is 29.1 Å². The number of benzene rings is 2. The topological polar surface area (TPSA) is 63.7 Å². The zero-order chi connectivity index (χ0) is 27.4. The molecule has 5 nitrogen and oxygen atoms in total. The fourth-order valence-corrected chi connectivity index (χ4v) is 9.31. The van der Waals surface area contributed by atoms with Gasteiger partial charge in [-0.1, -0.05) is 66.7 Å². The minimum atomic E-state index is -0.605. The Balaban J connectivity index is 1.36. The average Bonchev–Trinajstić information content (AvgIpc) is 3.31. The first kappa shape index (κ1) is 25.5. The molecule has 4 atom stereocenters. The first-order valence-corrected chi connectivity index (χ1v) is 15.0. The third-order valence-corrected chi connectivity index (χ3v) is 10.4. The van der Waals surface area contributed by atoms with Crippen LogP contribution in [0.5, 0.6) is 0 Å². The van der Waals surface area contributed by atoms with Crippen molar-refractivity contribution in [3.8, 4) is 0 Å². The summed E-state index contributed by atoms with van der Waals surface area (Å²) >= 11 is 0. The van der Waals surface area contributed by atoms with Crippen molar-refractivity contribution in [2.75, 3.05) is 6.61 Å². The highest BCUT2D eigenvalue weighted by Crippen LogP contribution is 2.62. The largest absolute Gasteiger partial charge is 0.462 e. The van der Waals surface area contributed by atoms with E-state index in [0.29, 0.717) is 34.7 Å². The van der Waals surface area contributed by atoms with Crippen LogP contribution in [-0.4, -0.2) is 41.1 Å². The van der Waals surface area contributed by atoms with E-state index in [1.807, 2.05) is 59.5 Å². The molecule has 1 saturated heterocycles. The number of nitrogens with zero attached hydrogens (tertiary/aromatic N) is 1. The molecule has 40 heavy (non-hydrogen) atoms. The number of esters is 1. The number of hydrogen-bond acceptors (Lipinski definition) is 5. The Bertz CT molecular complexity index is 1340. The Hall–Kier alpha value is -3.47. The lowest BCUT2D eigenvalue weighted by Gasteiger charge is -2.57. The predicted molar refractivity (Wildman–Crippen MR) is 152 cm³/mol. The smallest absolute Gasteiger partial charge is 0.339 e. The van der Waals surface area contributed by atoms with E-state index in [4.69, 9.17) is 4.74 Å². The molecule has 4 bridgehead atoms. The number of ether oxygens (including phenoxy) is 1. The molecule has 0 N–H and O–H groups in total. The maximum Gasteiger partial charge on any atom is 0.339 e. The van der Waals surface area contributed by atoms with E-state index < -0.39 is 12.0 Å². The van der Waals surface area contributed by atoms with Gasteiger partial charge in [-0.25, -0.2) is 4.79 Å². The van der Waals surface area contributed by atoms with Gasteiger partial charge < -0.3 is 9.64 Å². The van der Waals surface area contributed by atoms with Gasteiger partial charge >= 0.3 is 5.97 Å². The lowest BCUT2D eigenvalue weighted by Crippen LogP contribution is -2.53. The maximum absolute atomic E-state index is 15.1. The van der Waals surface area contributed by atoms with E-state index in [-0.39, 0.29) is 35.7 Å². The second kappa shape index (κ2) is 9.87. The third-order valence-electron chi connectivity index (χ3n) is 10.4. The first-order chi connectivity index (χ1) is 19.5. The van der Waals surface area contributed by atoms with Gasteiger partial charge in [-0.3, -0.25) is 9.59 Å². The lowest BCUT2D eigenvalue weighted by atomic mass is 9.47. The normalized spacial score (nSPS) is 35.3. The molecule has 6 aliphatic rings. The fourth-order valence-electron chi connectivity index (χ4n) is 9.31. The van der Waals surface area contributed by atoms with Gasteiger partial charge in [0.15, 0.2) is 5.78 Å². The molecule has 2 heterocycles. The number of ketones is 2. The van der Waals surface area contributed by atoms with Gasteiger partial charge in [0.1, 0.15) is 11.8 Å². The standard InChI is InChI=1S/C35H37NO4/c1-2-40-34(39)27-13-14-28-30(33(38)35-18-22-15-23(19-35)17-24(16-22)20-35)29(25-9-5-3-6-10-25)31(36(28)21-27)32(37)26-11-7-4-8-12-26/h3-14,21-24,28-31H,2,15-20H2,1H3. The molecule has 0 radical (unpaired) electrons. The van der Waals surface area contributed by atoms with Gasteiger partial charge in [-0.15, -0.1) is 0 Å². The Morgan fingerprint density at radius 2 is 1.48 bits per heavy atom. The van der Waals surface area contributed by atoms with Crippen LogP contribution >= 0.6 is 0 Å². The molecule has 2 aliphatic heterocycles. The zero-order valence-electron chi connectivity index (χ0n) is 23.1. The van der Waals surface area contributed by atoms with Crippen LogP contribution in [0, 0.1) is 29.1 Å². The molecule has 4 saturated carbocycles. The van der Waals surface area contributed by atoms with Crippen LogP contribution in [0.25, 0.3) is 0 Å². The fraction of sp³-hybridized carbons (Fsp3) is 0.457. The zero-order valence-corrected chi connectivity index (χ0v) is 23.1. The molecular formula is C35H37NO4. The van der Waals surface area contributed by atoms with Crippen molar-refractivity contribution in [1.82, 2.24) is 4.90 Å². The predicted octanol–water partition coefficient (Wildman–Crippen LogP) is 6.12. The summed E-state index contributed by atoms with van der Waals surface area (Å²) in [5.74, 6) is 1.20. The summed E-state index contributed by atoms with van der Waals surface area (Å²) in [6.07, 6.45) is 12.4. The van der Waals surface area contributed by atoms with Crippen LogP contribution in [0.3, 0.4) is 0 Å². The molecule has 5 heteroatoms. The van der Waals surface area contributed by atoms with Gasteiger partial charge in [0.05, 0.1) is 24.1 Å². The summed E-state index contributed by atoms with van der Waals surface area (Å²) in [4.78, 5) is 44.3. The van der Waals surface area contributed by atoms with Crippen molar-refractivity contribution in [3.63, 3.8) is 0 Å². The van der Waals surface area contributed by atoms with Crippen molar-refractivity contribution >= 4 is 17.5 Å². The van der Waals surface area contributed by atoms with Crippen LogP contribution in [0.1, 0.15) is 67.3 Å².